The van der Waals surface area contributed by atoms with Crippen LogP contribution in [0.15, 0.2) is 0 Å². The number of aliphatic carboxylic acids is 1. The fourth-order valence-corrected chi connectivity index (χ4v) is 3.32. The van der Waals surface area contributed by atoms with Gasteiger partial charge in [0.15, 0.2) is 5.13 Å². The molecule has 19 heavy (non-hydrogen) atoms. The third-order valence-electron chi connectivity index (χ3n) is 3.03. The Morgan fingerprint density at radius 1 is 1.58 bits per heavy atom. The summed E-state index contributed by atoms with van der Waals surface area (Å²) in [5, 5.41) is 9.28. The first kappa shape index (κ1) is 14.1. The Morgan fingerprint density at radius 2 is 2.26 bits per heavy atom. The van der Waals surface area contributed by atoms with E-state index in [-0.39, 0.29) is 11.7 Å². The summed E-state index contributed by atoms with van der Waals surface area (Å²) in [6.45, 7) is 0.740. The van der Waals surface area contributed by atoms with Crippen LogP contribution in [0.3, 0.4) is 0 Å². The normalized spacial score (nSPS) is 18.4. The quantitative estimate of drug-likeness (QED) is 0.927. The summed E-state index contributed by atoms with van der Waals surface area (Å²) in [5.74, 6) is -1.64. The molecule has 0 saturated heterocycles. The number of rotatable bonds is 4. The topological polar surface area (TPSA) is 53.4 Å². The van der Waals surface area contributed by atoms with Crippen molar-refractivity contribution in [3.05, 3.63) is 10.6 Å². The van der Waals surface area contributed by atoms with Gasteiger partial charge in [0.1, 0.15) is 12.5 Å². The van der Waals surface area contributed by atoms with Crippen LogP contribution >= 0.6 is 11.3 Å². The van der Waals surface area contributed by atoms with Crippen LogP contribution in [-0.2, 0) is 11.2 Å². The van der Waals surface area contributed by atoms with E-state index >= 15 is 0 Å². The molecule has 4 nitrogen and oxygen atoms in total. The van der Waals surface area contributed by atoms with Gasteiger partial charge in [-0.3, -0.25) is 4.79 Å². The van der Waals surface area contributed by atoms with E-state index in [0.717, 1.165) is 9.78 Å². The van der Waals surface area contributed by atoms with Crippen LogP contribution in [0.5, 0.6) is 0 Å². The van der Waals surface area contributed by atoms with Crippen molar-refractivity contribution in [2.75, 3.05) is 18.0 Å². The average Bonchev–Trinajstić information content (AvgIpc) is 2.82. The molecule has 1 heterocycles. The predicted molar refractivity (Wildman–Crippen MR) is 64.8 cm³/mol. The molecule has 0 radical (unpaired) electrons. The Hall–Kier alpha value is -1.31. The molecular weight excluding hydrogens is 281 g/mol. The maximum atomic E-state index is 12.4. The van der Waals surface area contributed by atoms with Crippen LogP contribution in [0.1, 0.15) is 29.8 Å². The minimum absolute atomic E-state index is 0.184. The van der Waals surface area contributed by atoms with Crippen molar-refractivity contribution in [3.63, 3.8) is 0 Å². The fourth-order valence-electron chi connectivity index (χ4n) is 2.12. The van der Waals surface area contributed by atoms with E-state index in [9.17, 15) is 18.0 Å². The highest BCUT2D eigenvalue weighted by Gasteiger charge is 2.35. The molecule has 0 amide bonds. The number of hydrogen-bond donors (Lipinski definition) is 1. The van der Waals surface area contributed by atoms with Gasteiger partial charge in [0, 0.05) is 11.4 Å². The van der Waals surface area contributed by atoms with Gasteiger partial charge in [-0.1, -0.05) is 0 Å². The Bertz CT molecular complexity index is 487. The van der Waals surface area contributed by atoms with Gasteiger partial charge in [-0.15, -0.1) is 11.3 Å². The minimum Gasteiger partial charge on any atom is -0.481 e. The molecule has 1 N–H and O–H groups in total. The van der Waals surface area contributed by atoms with Gasteiger partial charge in [0.25, 0.3) is 0 Å². The fraction of sp³-hybridized carbons (Fsp3) is 0.636. The molecule has 0 fully saturated rings. The molecule has 8 heteroatoms. The van der Waals surface area contributed by atoms with Crippen molar-refractivity contribution >= 4 is 22.4 Å². The number of anilines is 1. The van der Waals surface area contributed by atoms with Gasteiger partial charge in [-0.2, -0.15) is 13.2 Å². The van der Waals surface area contributed by atoms with Crippen LogP contribution in [0.2, 0.25) is 0 Å². The molecule has 2 rings (SSSR count). The molecule has 0 spiro atoms. The highest BCUT2D eigenvalue weighted by atomic mass is 32.1. The summed E-state index contributed by atoms with van der Waals surface area (Å²) in [5.41, 5.74) is 0.438. The molecule has 1 aromatic rings. The lowest BCUT2D eigenvalue weighted by Crippen LogP contribution is -2.34. The first-order chi connectivity index (χ1) is 8.81. The van der Waals surface area contributed by atoms with E-state index in [1.807, 2.05) is 0 Å². The molecule has 0 saturated carbocycles. The van der Waals surface area contributed by atoms with Gasteiger partial charge in [-0.05, 0) is 19.8 Å². The van der Waals surface area contributed by atoms with E-state index in [1.165, 1.54) is 11.3 Å². The lowest BCUT2D eigenvalue weighted by atomic mass is 10.1. The SMILES string of the molecule is CCN(CC(F)(F)F)c1nc2c(s1)CCC2C(=O)O. The Labute approximate surface area is 111 Å². The number of carboxylic acid groups (broad SMARTS) is 1. The molecule has 106 valence electrons. The number of hydrogen-bond acceptors (Lipinski definition) is 4. The van der Waals surface area contributed by atoms with Crippen LogP contribution < -0.4 is 4.90 Å². The first-order valence-corrected chi connectivity index (χ1v) is 6.67. The van der Waals surface area contributed by atoms with E-state index in [0.29, 0.717) is 18.5 Å². The van der Waals surface area contributed by atoms with Crippen LogP contribution in [-0.4, -0.2) is 35.3 Å². The smallest absolute Gasteiger partial charge is 0.406 e. The van der Waals surface area contributed by atoms with Gasteiger partial charge in [-0.25, -0.2) is 4.98 Å². The summed E-state index contributed by atoms with van der Waals surface area (Å²) in [6, 6.07) is 0. The van der Waals surface area contributed by atoms with Gasteiger partial charge in [0.2, 0.25) is 0 Å². The molecule has 0 aromatic carbocycles. The molecule has 1 aliphatic rings. The van der Waals surface area contributed by atoms with Crippen LogP contribution in [0.25, 0.3) is 0 Å². The summed E-state index contributed by atoms with van der Waals surface area (Å²) in [7, 11) is 0. The summed E-state index contributed by atoms with van der Waals surface area (Å²) >= 11 is 1.17. The maximum absolute atomic E-state index is 12.4. The third kappa shape index (κ3) is 2.99. The standard InChI is InChI=1S/C11H13F3N2O2S/c1-2-16(5-11(12,13)14)10-15-8-6(9(17)18)3-4-7(8)19-10/h6H,2-5H2,1H3,(H,17,18). The number of fused-ring (bicyclic) bond motifs is 1. The van der Waals surface area contributed by atoms with E-state index in [1.54, 1.807) is 6.92 Å². The van der Waals surface area contributed by atoms with E-state index < -0.39 is 24.6 Å². The molecule has 1 unspecified atom stereocenters. The zero-order chi connectivity index (χ0) is 14.2. The van der Waals surface area contributed by atoms with Crippen molar-refractivity contribution in [1.29, 1.82) is 0 Å². The highest BCUT2D eigenvalue weighted by Crippen LogP contribution is 2.40. The van der Waals surface area contributed by atoms with Crippen molar-refractivity contribution in [3.8, 4) is 0 Å². The average molecular weight is 294 g/mol. The second kappa shape index (κ2) is 4.99. The van der Waals surface area contributed by atoms with Crippen molar-refractivity contribution in [2.24, 2.45) is 0 Å². The number of aryl methyl sites for hydroxylation is 1. The van der Waals surface area contributed by atoms with Crippen molar-refractivity contribution in [2.45, 2.75) is 31.9 Å². The molecule has 0 bridgehead atoms. The number of nitrogens with zero attached hydrogens (tertiary/aromatic N) is 2. The Kier molecular flexibility index (Phi) is 3.71. The zero-order valence-electron chi connectivity index (χ0n) is 10.2. The third-order valence-corrected chi connectivity index (χ3v) is 4.22. The number of halogens is 3. The monoisotopic (exact) mass is 294 g/mol. The summed E-state index contributed by atoms with van der Waals surface area (Å²) in [4.78, 5) is 17.0. The molecule has 1 aromatic heterocycles. The van der Waals surface area contributed by atoms with Gasteiger partial charge >= 0.3 is 12.1 Å². The number of carbonyl (C=O) groups is 1. The lowest BCUT2D eigenvalue weighted by Gasteiger charge is -2.21. The van der Waals surface area contributed by atoms with Gasteiger partial charge < -0.3 is 10.0 Å². The first-order valence-electron chi connectivity index (χ1n) is 5.86. The Morgan fingerprint density at radius 3 is 2.79 bits per heavy atom. The Balaban J connectivity index is 2.23. The number of aromatic nitrogens is 1. The van der Waals surface area contributed by atoms with Gasteiger partial charge in [0.05, 0.1) is 5.69 Å². The van der Waals surface area contributed by atoms with E-state index in [4.69, 9.17) is 5.11 Å². The molecule has 1 aliphatic carbocycles. The lowest BCUT2D eigenvalue weighted by molar-refractivity contribution is -0.138. The summed E-state index contributed by atoms with van der Waals surface area (Å²) < 4.78 is 37.3. The molecule has 0 aliphatic heterocycles. The largest absolute Gasteiger partial charge is 0.481 e. The molecular formula is C11H13F3N2O2S. The number of thiazole rings is 1. The number of alkyl halides is 3. The van der Waals surface area contributed by atoms with Crippen LogP contribution in [0.4, 0.5) is 18.3 Å². The second-order valence-electron chi connectivity index (χ2n) is 4.36. The van der Waals surface area contributed by atoms with Crippen molar-refractivity contribution < 1.29 is 23.1 Å². The zero-order valence-corrected chi connectivity index (χ0v) is 11.0. The maximum Gasteiger partial charge on any atom is 0.406 e. The second-order valence-corrected chi connectivity index (χ2v) is 5.43. The summed E-state index contributed by atoms with van der Waals surface area (Å²) in [6.07, 6.45) is -3.24. The highest BCUT2D eigenvalue weighted by molar-refractivity contribution is 7.15. The van der Waals surface area contributed by atoms with Crippen molar-refractivity contribution in [1.82, 2.24) is 4.98 Å². The molecule has 1 atom stereocenters. The van der Waals surface area contributed by atoms with Crippen LogP contribution in [0, 0.1) is 0 Å². The van der Waals surface area contributed by atoms with E-state index in [2.05, 4.69) is 4.98 Å². The number of carboxylic acids is 1. The minimum atomic E-state index is -4.29. The predicted octanol–water partition coefficient (Wildman–Crippen LogP) is 2.65.